The van der Waals surface area contributed by atoms with Crippen molar-refractivity contribution in [3.63, 3.8) is 0 Å². The Morgan fingerprint density at radius 3 is 2.52 bits per heavy atom. The summed E-state index contributed by atoms with van der Waals surface area (Å²) in [4.78, 5) is 12.7. The van der Waals surface area contributed by atoms with E-state index in [1.165, 1.54) is 22.5 Å². The van der Waals surface area contributed by atoms with Crippen molar-refractivity contribution in [3.05, 3.63) is 48.0 Å². The van der Waals surface area contributed by atoms with Crippen LogP contribution in [0.3, 0.4) is 0 Å². The number of hydrogen-bond donors (Lipinski definition) is 1. The molecular weight excluding hydrogens is 446 g/mol. The third-order valence-electron chi connectivity index (χ3n) is 4.72. The summed E-state index contributed by atoms with van der Waals surface area (Å²) in [6.07, 6.45) is 2.61. The first-order valence-corrected chi connectivity index (χ1v) is 12.4. The van der Waals surface area contributed by atoms with E-state index in [-0.39, 0.29) is 16.4 Å². The number of nitrogens with zero attached hydrogens (tertiary/aromatic N) is 1. The molecule has 1 N–H and O–H groups in total. The van der Waals surface area contributed by atoms with Crippen LogP contribution in [-0.4, -0.2) is 44.1 Å². The molecule has 0 atom stereocenters. The molecule has 0 bridgehead atoms. The van der Waals surface area contributed by atoms with Gasteiger partial charge in [-0.15, -0.1) is 11.8 Å². The molecule has 1 fully saturated rings. The molecule has 0 aliphatic carbocycles. The number of hydrogen-bond acceptors (Lipinski definition) is 5. The van der Waals surface area contributed by atoms with Crippen molar-refractivity contribution >= 4 is 33.4 Å². The van der Waals surface area contributed by atoms with Crippen molar-refractivity contribution in [2.24, 2.45) is 0 Å². The molecule has 1 amide bonds. The Balaban J connectivity index is 1.74. The molecule has 0 saturated carbocycles. The van der Waals surface area contributed by atoms with E-state index in [1.807, 2.05) is 0 Å². The lowest BCUT2D eigenvalue weighted by Gasteiger charge is -2.27. The van der Waals surface area contributed by atoms with Gasteiger partial charge in [-0.05, 0) is 56.2 Å². The fourth-order valence-corrected chi connectivity index (χ4v) is 5.61. The Hall–Kier alpha value is -2.17. The Morgan fingerprint density at radius 2 is 1.84 bits per heavy atom. The first kappa shape index (κ1) is 23.5. The van der Waals surface area contributed by atoms with Gasteiger partial charge >= 0.3 is 0 Å². The van der Waals surface area contributed by atoms with E-state index >= 15 is 0 Å². The summed E-state index contributed by atoms with van der Waals surface area (Å²) in [5.41, 5.74) is 0.315. The van der Waals surface area contributed by atoms with E-state index in [9.17, 15) is 22.0 Å². The molecule has 0 unspecified atom stereocenters. The van der Waals surface area contributed by atoms with E-state index in [0.717, 1.165) is 43.2 Å². The number of nitrogens with one attached hydrogen (secondary N) is 1. The van der Waals surface area contributed by atoms with Gasteiger partial charge in [-0.25, -0.2) is 17.2 Å². The average Bonchev–Trinajstić information content (AvgIpc) is 2.76. The fraction of sp³-hybridized carbons (Fsp3) is 0.381. The van der Waals surface area contributed by atoms with Crippen LogP contribution in [0.5, 0.6) is 5.75 Å². The fourth-order valence-electron chi connectivity index (χ4n) is 3.22. The highest BCUT2D eigenvalue weighted by molar-refractivity contribution is 8.00. The minimum Gasteiger partial charge on any atom is -0.492 e. The Morgan fingerprint density at radius 1 is 1.10 bits per heavy atom. The molecule has 2 aromatic carbocycles. The van der Waals surface area contributed by atoms with Gasteiger partial charge in [0, 0.05) is 23.7 Å². The third-order valence-corrected chi connectivity index (χ3v) is 7.63. The van der Waals surface area contributed by atoms with Crippen LogP contribution in [0.4, 0.5) is 14.5 Å². The van der Waals surface area contributed by atoms with Crippen molar-refractivity contribution in [3.8, 4) is 5.75 Å². The van der Waals surface area contributed by atoms with Crippen molar-refractivity contribution in [1.82, 2.24) is 4.31 Å². The number of anilines is 1. The lowest BCUT2D eigenvalue weighted by atomic mass is 10.2. The largest absolute Gasteiger partial charge is 0.492 e. The summed E-state index contributed by atoms with van der Waals surface area (Å²) in [6, 6.07) is 7.90. The minimum absolute atomic E-state index is 0.0160. The summed E-state index contributed by atoms with van der Waals surface area (Å²) in [7, 11) is -3.76. The summed E-state index contributed by atoms with van der Waals surface area (Å²) < 4.78 is 59.6. The summed E-state index contributed by atoms with van der Waals surface area (Å²) in [6.45, 7) is 2.98. The molecule has 0 spiro atoms. The van der Waals surface area contributed by atoms with Crippen molar-refractivity contribution in [2.75, 3.05) is 30.8 Å². The van der Waals surface area contributed by atoms with E-state index in [4.69, 9.17) is 4.74 Å². The second kappa shape index (κ2) is 10.4. The summed E-state index contributed by atoms with van der Waals surface area (Å²) >= 11 is 1.04. The Labute approximate surface area is 185 Å². The second-order valence-electron chi connectivity index (χ2n) is 6.97. The maximum atomic E-state index is 13.3. The average molecular weight is 471 g/mol. The molecule has 10 heteroatoms. The molecular formula is C21H24F2N2O4S2. The number of thioether (sulfide) groups is 1. The SMILES string of the molecule is CCOc1ccc(NC(=O)CSc2ccc(F)c(F)c2)cc1S(=O)(=O)N1CCCCC1. The maximum Gasteiger partial charge on any atom is 0.246 e. The molecule has 6 nitrogen and oxygen atoms in total. The maximum absolute atomic E-state index is 13.3. The van der Waals surface area contributed by atoms with Gasteiger partial charge in [-0.3, -0.25) is 4.79 Å². The van der Waals surface area contributed by atoms with E-state index in [1.54, 1.807) is 13.0 Å². The highest BCUT2D eigenvalue weighted by Gasteiger charge is 2.29. The van der Waals surface area contributed by atoms with Gasteiger partial charge < -0.3 is 10.1 Å². The van der Waals surface area contributed by atoms with Gasteiger partial charge in [0.25, 0.3) is 0 Å². The van der Waals surface area contributed by atoms with Crippen LogP contribution >= 0.6 is 11.8 Å². The Kier molecular flexibility index (Phi) is 7.90. The minimum atomic E-state index is -3.76. The number of ether oxygens (including phenoxy) is 1. The van der Waals surface area contributed by atoms with E-state index < -0.39 is 27.6 Å². The molecule has 31 heavy (non-hydrogen) atoms. The van der Waals surface area contributed by atoms with Gasteiger partial charge in [0.1, 0.15) is 10.6 Å². The molecule has 0 radical (unpaired) electrons. The number of carbonyl (C=O) groups excluding carboxylic acids is 1. The predicted octanol–water partition coefficient (Wildman–Crippen LogP) is 4.27. The highest BCUT2D eigenvalue weighted by Crippen LogP contribution is 2.31. The monoisotopic (exact) mass is 470 g/mol. The van der Waals surface area contributed by atoms with Crippen LogP contribution in [0.1, 0.15) is 26.2 Å². The molecule has 1 aliphatic heterocycles. The molecule has 3 rings (SSSR count). The number of amides is 1. The van der Waals surface area contributed by atoms with Gasteiger partial charge in [-0.2, -0.15) is 4.31 Å². The van der Waals surface area contributed by atoms with Crippen LogP contribution < -0.4 is 10.1 Å². The van der Waals surface area contributed by atoms with Crippen LogP contribution in [0.25, 0.3) is 0 Å². The van der Waals surface area contributed by atoms with Crippen LogP contribution in [0, 0.1) is 11.6 Å². The molecule has 0 aromatic heterocycles. The number of piperidine rings is 1. The number of carbonyl (C=O) groups is 1. The summed E-state index contributed by atoms with van der Waals surface area (Å²) in [5, 5.41) is 2.66. The second-order valence-corrected chi connectivity index (χ2v) is 9.93. The van der Waals surface area contributed by atoms with Gasteiger partial charge in [0.15, 0.2) is 11.6 Å². The number of halogens is 2. The molecule has 2 aromatic rings. The van der Waals surface area contributed by atoms with Gasteiger partial charge in [0.2, 0.25) is 15.9 Å². The number of sulfonamides is 1. The summed E-state index contributed by atoms with van der Waals surface area (Å²) in [5.74, 6) is -2.15. The van der Waals surface area contributed by atoms with E-state index in [0.29, 0.717) is 30.3 Å². The predicted molar refractivity (Wildman–Crippen MR) is 116 cm³/mol. The number of benzene rings is 2. The third kappa shape index (κ3) is 5.96. The van der Waals surface area contributed by atoms with Crippen LogP contribution in [0.2, 0.25) is 0 Å². The van der Waals surface area contributed by atoms with Crippen molar-refractivity contribution in [2.45, 2.75) is 36.0 Å². The lowest BCUT2D eigenvalue weighted by Crippen LogP contribution is -2.35. The highest BCUT2D eigenvalue weighted by atomic mass is 32.2. The zero-order chi connectivity index (χ0) is 22.4. The molecule has 168 valence electrons. The molecule has 1 heterocycles. The zero-order valence-electron chi connectivity index (χ0n) is 17.1. The quantitative estimate of drug-likeness (QED) is 0.583. The first-order chi connectivity index (χ1) is 14.8. The van der Waals surface area contributed by atoms with Crippen molar-refractivity contribution < 1.29 is 26.7 Å². The Bertz CT molecular complexity index is 1040. The zero-order valence-corrected chi connectivity index (χ0v) is 18.7. The van der Waals surface area contributed by atoms with Crippen LogP contribution in [-0.2, 0) is 14.8 Å². The topological polar surface area (TPSA) is 75.7 Å². The molecule has 1 aliphatic rings. The lowest BCUT2D eigenvalue weighted by molar-refractivity contribution is -0.113. The van der Waals surface area contributed by atoms with E-state index in [2.05, 4.69) is 5.32 Å². The van der Waals surface area contributed by atoms with Crippen LogP contribution in [0.15, 0.2) is 46.2 Å². The van der Waals surface area contributed by atoms with Gasteiger partial charge in [-0.1, -0.05) is 6.42 Å². The first-order valence-electron chi connectivity index (χ1n) is 9.96. The number of rotatable bonds is 8. The van der Waals surface area contributed by atoms with Crippen molar-refractivity contribution in [1.29, 1.82) is 0 Å². The normalized spacial score (nSPS) is 14.9. The standard InChI is InChI=1S/C21H24F2N2O4S2/c1-2-29-19-9-6-15(12-20(19)31(27,28)25-10-4-3-5-11-25)24-21(26)14-30-16-7-8-17(22)18(23)13-16/h6-9,12-13H,2-5,10-11,14H2,1H3,(H,24,26). The smallest absolute Gasteiger partial charge is 0.246 e. The molecule has 1 saturated heterocycles. The van der Waals surface area contributed by atoms with Gasteiger partial charge in [0.05, 0.1) is 12.4 Å².